The van der Waals surface area contributed by atoms with Crippen molar-refractivity contribution in [2.45, 2.75) is 12.5 Å². The van der Waals surface area contributed by atoms with Crippen LogP contribution in [-0.2, 0) is 4.79 Å². The standard InChI is InChI=1S/C12H13BrClNO3S/c1-19-3-2-10(12(17)18)15-11(16)7-4-8(13)6-9(14)5-7/h4-6,10H,2-3H2,1H3,(H,15,16)(H,17,18)/t10-/m1/s1. The topological polar surface area (TPSA) is 66.4 Å². The fraction of sp³-hybridized carbons (Fsp3) is 0.333. The van der Waals surface area contributed by atoms with Crippen LogP contribution in [0.15, 0.2) is 22.7 Å². The summed E-state index contributed by atoms with van der Waals surface area (Å²) in [5, 5.41) is 11.9. The zero-order valence-electron chi connectivity index (χ0n) is 10.2. The summed E-state index contributed by atoms with van der Waals surface area (Å²) in [5.41, 5.74) is 0.328. The first kappa shape index (κ1) is 16.3. The monoisotopic (exact) mass is 365 g/mol. The number of aliphatic carboxylic acids is 1. The molecule has 0 saturated carbocycles. The summed E-state index contributed by atoms with van der Waals surface area (Å²) in [5.74, 6) is -0.823. The van der Waals surface area contributed by atoms with Gasteiger partial charge in [0.15, 0.2) is 0 Å². The van der Waals surface area contributed by atoms with E-state index in [0.29, 0.717) is 27.2 Å². The van der Waals surface area contributed by atoms with Crippen LogP contribution in [0.3, 0.4) is 0 Å². The number of benzene rings is 1. The maximum Gasteiger partial charge on any atom is 0.326 e. The van der Waals surface area contributed by atoms with E-state index in [1.165, 1.54) is 17.8 Å². The second kappa shape index (κ2) is 7.77. The number of halogens is 2. The fourth-order valence-corrected chi connectivity index (χ4v) is 2.75. The van der Waals surface area contributed by atoms with E-state index in [2.05, 4.69) is 21.2 Å². The number of amides is 1. The summed E-state index contributed by atoms with van der Waals surface area (Å²) in [6, 6.07) is 3.85. The highest BCUT2D eigenvalue weighted by atomic mass is 79.9. The van der Waals surface area contributed by atoms with Gasteiger partial charge in [-0.2, -0.15) is 11.8 Å². The highest BCUT2D eigenvalue weighted by Crippen LogP contribution is 2.19. The van der Waals surface area contributed by atoms with Gasteiger partial charge < -0.3 is 10.4 Å². The molecule has 0 aliphatic rings. The summed E-state index contributed by atoms with van der Waals surface area (Å²) in [7, 11) is 0. The molecule has 1 aromatic rings. The van der Waals surface area contributed by atoms with Crippen LogP contribution >= 0.6 is 39.3 Å². The van der Waals surface area contributed by atoms with Gasteiger partial charge in [-0.25, -0.2) is 4.79 Å². The van der Waals surface area contributed by atoms with E-state index < -0.39 is 17.9 Å². The van der Waals surface area contributed by atoms with Crippen molar-refractivity contribution in [3.05, 3.63) is 33.3 Å². The average molecular weight is 367 g/mol. The van der Waals surface area contributed by atoms with Crippen LogP contribution in [0.1, 0.15) is 16.8 Å². The molecule has 1 atom stereocenters. The van der Waals surface area contributed by atoms with Crippen molar-refractivity contribution in [2.75, 3.05) is 12.0 Å². The predicted octanol–water partition coefficient (Wildman–Crippen LogP) is 3.04. The molecule has 0 aliphatic carbocycles. The molecule has 0 radical (unpaired) electrons. The fourth-order valence-electron chi connectivity index (χ4n) is 1.42. The molecule has 104 valence electrons. The molecular formula is C12H13BrClNO3S. The molecule has 4 nitrogen and oxygen atoms in total. The third-order valence-corrected chi connectivity index (χ3v) is 3.66. The molecular weight excluding hydrogens is 354 g/mol. The maximum atomic E-state index is 12.0. The van der Waals surface area contributed by atoms with E-state index in [1.54, 1.807) is 12.1 Å². The second-order valence-corrected chi connectivity index (χ2v) is 6.14. The number of hydrogen-bond donors (Lipinski definition) is 2. The summed E-state index contributed by atoms with van der Waals surface area (Å²) in [6.07, 6.45) is 2.26. The molecule has 0 heterocycles. The van der Waals surface area contributed by atoms with Gasteiger partial charge in [0.2, 0.25) is 0 Å². The predicted molar refractivity (Wildman–Crippen MR) is 81.0 cm³/mol. The molecule has 19 heavy (non-hydrogen) atoms. The molecule has 0 unspecified atom stereocenters. The first-order chi connectivity index (χ1) is 8.93. The Labute approximate surface area is 129 Å². The molecule has 1 aromatic carbocycles. The lowest BCUT2D eigenvalue weighted by Crippen LogP contribution is -2.41. The smallest absolute Gasteiger partial charge is 0.326 e. The Balaban J connectivity index is 2.78. The van der Waals surface area contributed by atoms with Gasteiger partial charge in [-0.05, 0) is 36.6 Å². The summed E-state index contributed by atoms with van der Waals surface area (Å²) in [4.78, 5) is 23.0. The molecule has 0 spiro atoms. The molecule has 0 fully saturated rings. The van der Waals surface area contributed by atoms with Crippen LogP contribution in [-0.4, -0.2) is 35.0 Å². The van der Waals surface area contributed by atoms with Crippen LogP contribution in [0.4, 0.5) is 0 Å². The van der Waals surface area contributed by atoms with Crippen molar-refractivity contribution in [2.24, 2.45) is 0 Å². The summed E-state index contributed by atoms with van der Waals surface area (Å²) >= 11 is 10.6. The lowest BCUT2D eigenvalue weighted by molar-refractivity contribution is -0.139. The van der Waals surface area contributed by atoms with Gasteiger partial charge in [0.25, 0.3) is 5.91 Å². The summed E-state index contributed by atoms with van der Waals surface area (Å²) < 4.78 is 0.668. The van der Waals surface area contributed by atoms with E-state index in [-0.39, 0.29) is 0 Å². The van der Waals surface area contributed by atoms with Gasteiger partial charge in [-0.3, -0.25) is 4.79 Å². The number of thioether (sulfide) groups is 1. The highest BCUT2D eigenvalue weighted by Gasteiger charge is 2.20. The van der Waals surface area contributed by atoms with E-state index in [1.807, 2.05) is 6.26 Å². The van der Waals surface area contributed by atoms with Crippen molar-refractivity contribution >= 4 is 51.2 Å². The molecule has 0 aliphatic heterocycles. The van der Waals surface area contributed by atoms with Crippen LogP contribution in [0, 0.1) is 0 Å². The van der Waals surface area contributed by atoms with Gasteiger partial charge in [0, 0.05) is 15.1 Å². The van der Waals surface area contributed by atoms with E-state index in [9.17, 15) is 9.59 Å². The highest BCUT2D eigenvalue weighted by molar-refractivity contribution is 9.10. The largest absolute Gasteiger partial charge is 0.480 e. The molecule has 2 N–H and O–H groups in total. The number of carboxylic acid groups (broad SMARTS) is 1. The maximum absolute atomic E-state index is 12.0. The Hall–Kier alpha value is -0.720. The lowest BCUT2D eigenvalue weighted by atomic mass is 10.1. The van der Waals surface area contributed by atoms with Crippen LogP contribution in [0.2, 0.25) is 5.02 Å². The first-order valence-electron chi connectivity index (χ1n) is 5.42. The Morgan fingerprint density at radius 3 is 2.68 bits per heavy atom. The Morgan fingerprint density at radius 2 is 2.16 bits per heavy atom. The SMILES string of the molecule is CSCC[C@@H](NC(=O)c1cc(Cl)cc(Br)c1)C(=O)O. The van der Waals surface area contributed by atoms with Crippen molar-refractivity contribution in [3.8, 4) is 0 Å². The molecule has 0 saturated heterocycles. The minimum Gasteiger partial charge on any atom is -0.480 e. The van der Waals surface area contributed by atoms with Crippen molar-refractivity contribution in [1.82, 2.24) is 5.32 Å². The lowest BCUT2D eigenvalue weighted by Gasteiger charge is -2.14. The zero-order chi connectivity index (χ0) is 14.4. The number of rotatable bonds is 6. The molecule has 0 aromatic heterocycles. The van der Waals surface area contributed by atoms with Crippen molar-refractivity contribution in [3.63, 3.8) is 0 Å². The van der Waals surface area contributed by atoms with Crippen LogP contribution < -0.4 is 5.32 Å². The summed E-state index contributed by atoms with van der Waals surface area (Å²) in [6.45, 7) is 0. The number of carboxylic acids is 1. The molecule has 7 heteroatoms. The van der Waals surface area contributed by atoms with Gasteiger partial charge in [0.1, 0.15) is 6.04 Å². The third-order valence-electron chi connectivity index (χ3n) is 2.34. The second-order valence-electron chi connectivity index (χ2n) is 3.80. The number of carbonyl (C=O) groups excluding carboxylic acids is 1. The number of carbonyl (C=O) groups is 2. The molecule has 1 amide bonds. The minimum atomic E-state index is -1.04. The van der Waals surface area contributed by atoms with Gasteiger partial charge in [-0.15, -0.1) is 0 Å². The van der Waals surface area contributed by atoms with Crippen molar-refractivity contribution < 1.29 is 14.7 Å². The Morgan fingerprint density at radius 1 is 1.47 bits per heavy atom. The van der Waals surface area contributed by atoms with Gasteiger partial charge in [0.05, 0.1) is 0 Å². The van der Waals surface area contributed by atoms with Crippen LogP contribution in [0.25, 0.3) is 0 Å². The number of nitrogens with one attached hydrogen (secondary N) is 1. The van der Waals surface area contributed by atoms with Crippen molar-refractivity contribution in [1.29, 1.82) is 0 Å². The molecule has 0 bridgehead atoms. The Bertz CT molecular complexity index is 464. The Kier molecular flexibility index (Phi) is 6.68. The van der Waals surface area contributed by atoms with E-state index in [4.69, 9.17) is 16.7 Å². The minimum absolute atomic E-state index is 0.328. The first-order valence-corrected chi connectivity index (χ1v) is 7.99. The van der Waals surface area contributed by atoms with Gasteiger partial charge >= 0.3 is 5.97 Å². The number of hydrogen-bond acceptors (Lipinski definition) is 3. The average Bonchev–Trinajstić information content (AvgIpc) is 2.32. The zero-order valence-corrected chi connectivity index (χ0v) is 13.3. The van der Waals surface area contributed by atoms with E-state index >= 15 is 0 Å². The third kappa shape index (κ3) is 5.42. The van der Waals surface area contributed by atoms with Crippen LogP contribution in [0.5, 0.6) is 0 Å². The van der Waals surface area contributed by atoms with Gasteiger partial charge in [-0.1, -0.05) is 27.5 Å². The van der Waals surface area contributed by atoms with E-state index in [0.717, 1.165) is 0 Å². The quantitative estimate of drug-likeness (QED) is 0.812. The molecule has 1 rings (SSSR count). The normalized spacial score (nSPS) is 11.9.